The minimum Gasteiger partial charge on any atom is -0.443 e. The number of ether oxygens (including phenoxy) is 2. The number of carbonyl (C=O) groups is 2. The molecule has 0 radical (unpaired) electrons. The Morgan fingerprint density at radius 1 is 1.00 bits per heavy atom. The summed E-state index contributed by atoms with van der Waals surface area (Å²) in [6.07, 6.45) is -1.97. The summed E-state index contributed by atoms with van der Waals surface area (Å²) in [4.78, 5) is 30.3. The van der Waals surface area contributed by atoms with Gasteiger partial charge in [-0.15, -0.1) is 0 Å². The van der Waals surface area contributed by atoms with Gasteiger partial charge in [-0.25, -0.2) is 23.0 Å². The SMILES string of the molecule is CC(C)(C)OC(=O)N(C(=O)OC(C)(C)C)c1ccc2c(Br)cc(S(=O)(=O)Cl)cc2n1. The van der Waals surface area contributed by atoms with E-state index in [2.05, 4.69) is 20.9 Å². The van der Waals surface area contributed by atoms with E-state index in [1.54, 1.807) is 47.6 Å². The van der Waals surface area contributed by atoms with Crippen molar-refractivity contribution in [1.82, 2.24) is 4.98 Å². The molecule has 1 aromatic heterocycles. The van der Waals surface area contributed by atoms with Gasteiger partial charge in [0.25, 0.3) is 9.05 Å². The van der Waals surface area contributed by atoms with Crippen molar-refractivity contribution in [3.63, 3.8) is 0 Å². The van der Waals surface area contributed by atoms with E-state index in [4.69, 9.17) is 20.2 Å². The number of nitrogens with zero attached hydrogens (tertiary/aromatic N) is 2. The first-order chi connectivity index (χ1) is 13.5. The first-order valence-electron chi connectivity index (χ1n) is 8.79. The van der Waals surface area contributed by atoms with E-state index in [0.29, 0.717) is 14.8 Å². The molecule has 2 amide bonds. The standard InChI is InChI=1S/C19H22BrClN2O6S/c1-18(2,3)28-16(24)23(17(25)29-19(4,5)6)15-8-7-12-13(20)9-11(30(21,26)27)10-14(12)22-15/h7-10H,1-6H3. The topological polar surface area (TPSA) is 103 Å². The zero-order valence-corrected chi connectivity index (χ0v) is 20.5. The Hall–Kier alpha value is -1.91. The van der Waals surface area contributed by atoms with Gasteiger partial charge in [0.1, 0.15) is 17.0 Å². The Kier molecular flexibility index (Phi) is 6.75. The molecule has 0 N–H and O–H groups in total. The van der Waals surface area contributed by atoms with Crippen LogP contribution in [0.3, 0.4) is 0 Å². The molecule has 0 aliphatic carbocycles. The summed E-state index contributed by atoms with van der Waals surface area (Å²) in [6, 6.07) is 5.59. The van der Waals surface area contributed by atoms with Gasteiger partial charge in [-0.2, -0.15) is 4.90 Å². The molecular weight excluding hydrogens is 500 g/mol. The van der Waals surface area contributed by atoms with Crippen LogP contribution >= 0.6 is 26.6 Å². The number of amides is 2. The normalized spacial score (nSPS) is 12.5. The van der Waals surface area contributed by atoms with Gasteiger partial charge in [0.05, 0.1) is 10.4 Å². The highest BCUT2D eigenvalue weighted by molar-refractivity contribution is 9.10. The molecule has 8 nitrogen and oxygen atoms in total. The van der Waals surface area contributed by atoms with Gasteiger partial charge in [0.2, 0.25) is 0 Å². The number of aromatic nitrogens is 1. The lowest BCUT2D eigenvalue weighted by Gasteiger charge is -2.28. The number of fused-ring (bicyclic) bond motifs is 1. The van der Waals surface area contributed by atoms with Gasteiger partial charge in [-0.1, -0.05) is 15.9 Å². The second kappa shape index (κ2) is 8.32. The predicted octanol–water partition coefficient (Wildman–Crippen LogP) is 5.60. The second-order valence-corrected chi connectivity index (χ2v) is 11.8. The van der Waals surface area contributed by atoms with Crippen LogP contribution in [0.5, 0.6) is 0 Å². The Bertz CT molecular complexity index is 1080. The Balaban J connectivity index is 2.64. The molecule has 0 spiro atoms. The maximum atomic E-state index is 12.8. The number of halogens is 2. The van der Waals surface area contributed by atoms with Crippen molar-refractivity contribution in [2.24, 2.45) is 0 Å². The van der Waals surface area contributed by atoms with Gasteiger partial charge in [-0.05, 0) is 65.8 Å². The number of pyridine rings is 1. The molecule has 164 valence electrons. The molecule has 0 fully saturated rings. The van der Waals surface area contributed by atoms with Crippen LogP contribution in [0.4, 0.5) is 15.4 Å². The van der Waals surface area contributed by atoms with Gasteiger partial charge in [0.15, 0.2) is 0 Å². The molecule has 0 bridgehead atoms. The molecule has 30 heavy (non-hydrogen) atoms. The molecule has 0 unspecified atom stereocenters. The molecule has 0 saturated carbocycles. The van der Waals surface area contributed by atoms with E-state index in [1.165, 1.54) is 18.2 Å². The molecular formula is C19H22BrClN2O6S. The summed E-state index contributed by atoms with van der Waals surface area (Å²) in [5.74, 6) is -0.0954. The second-order valence-electron chi connectivity index (χ2n) is 8.38. The average Bonchev–Trinajstić information content (AvgIpc) is 2.50. The summed E-state index contributed by atoms with van der Waals surface area (Å²) in [6.45, 7) is 9.92. The van der Waals surface area contributed by atoms with Crippen molar-refractivity contribution in [3.8, 4) is 0 Å². The van der Waals surface area contributed by atoms with Crippen molar-refractivity contribution < 1.29 is 27.5 Å². The van der Waals surface area contributed by atoms with Gasteiger partial charge < -0.3 is 9.47 Å². The van der Waals surface area contributed by atoms with Crippen LogP contribution in [-0.4, -0.2) is 36.8 Å². The molecule has 2 rings (SSSR count). The number of anilines is 1. The number of hydrogen-bond acceptors (Lipinski definition) is 7. The van der Waals surface area contributed by atoms with Crippen LogP contribution in [0.2, 0.25) is 0 Å². The highest BCUT2D eigenvalue weighted by Gasteiger charge is 2.33. The monoisotopic (exact) mass is 520 g/mol. The zero-order chi connectivity index (χ0) is 23.1. The maximum Gasteiger partial charge on any atom is 0.425 e. The highest BCUT2D eigenvalue weighted by atomic mass is 79.9. The third kappa shape index (κ3) is 6.29. The first kappa shape index (κ1) is 24.4. The predicted molar refractivity (Wildman–Crippen MR) is 117 cm³/mol. The van der Waals surface area contributed by atoms with E-state index in [-0.39, 0.29) is 16.2 Å². The summed E-state index contributed by atoms with van der Waals surface area (Å²) in [7, 11) is 1.42. The number of imide groups is 1. The molecule has 2 aromatic rings. The summed E-state index contributed by atoms with van der Waals surface area (Å²) in [5, 5.41) is 0.552. The Morgan fingerprint density at radius 2 is 1.50 bits per heavy atom. The summed E-state index contributed by atoms with van der Waals surface area (Å²) < 4.78 is 34.5. The lowest BCUT2D eigenvalue weighted by Crippen LogP contribution is -2.44. The average molecular weight is 522 g/mol. The molecule has 0 atom stereocenters. The molecule has 0 saturated heterocycles. The van der Waals surface area contributed by atoms with Crippen LogP contribution in [-0.2, 0) is 18.5 Å². The number of rotatable bonds is 2. The minimum atomic E-state index is -4.03. The van der Waals surface area contributed by atoms with Crippen LogP contribution in [0.1, 0.15) is 41.5 Å². The van der Waals surface area contributed by atoms with E-state index in [1.807, 2.05) is 0 Å². The fourth-order valence-electron chi connectivity index (χ4n) is 2.30. The van der Waals surface area contributed by atoms with E-state index < -0.39 is 32.4 Å². The molecule has 0 aliphatic heterocycles. The van der Waals surface area contributed by atoms with Crippen molar-refractivity contribution in [2.75, 3.05) is 4.90 Å². The Labute approximate surface area is 188 Å². The minimum absolute atomic E-state index is 0.0954. The maximum absolute atomic E-state index is 12.8. The van der Waals surface area contributed by atoms with Gasteiger partial charge >= 0.3 is 12.2 Å². The highest BCUT2D eigenvalue weighted by Crippen LogP contribution is 2.31. The van der Waals surface area contributed by atoms with Gasteiger partial charge in [0, 0.05) is 20.5 Å². The third-order valence-electron chi connectivity index (χ3n) is 3.38. The fraction of sp³-hybridized carbons (Fsp3) is 0.421. The lowest BCUT2D eigenvalue weighted by molar-refractivity contribution is 0.0429. The molecule has 1 heterocycles. The van der Waals surface area contributed by atoms with Crippen LogP contribution in [0.25, 0.3) is 10.9 Å². The first-order valence-corrected chi connectivity index (χ1v) is 11.9. The largest absolute Gasteiger partial charge is 0.443 e. The molecule has 11 heteroatoms. The van der Waals surface area contributed by atoms with Crippen LogP contribution in [0.15, 0.2) is 33.6 Å². The van der Waals surface area contributed by atoms with Gasteiger partial charge in [-0.3, -0.25) is 0 Å². The fourth-order valence-corrected chi connectivity index (χ4v) is 3.81. The quantitative estimate of drug-likeness (QED) is 0.474. The molecule has 1 aromatic carbocycles. The number of carbonyl (C=O) groups excluding carboxylic acids is 2. The van der Waals surface area contributed by atoms with Crippen molar-refractivity contribution >= 4 is 64.6 Å². The van der Waals surface area contributed by atoms with Crippen LogP contribution < -0.4 is 4.90 Å². The number of benzene rings is 1. The van der Waals surface area contributed by atoms with Crippen molar-refractivity contribution in [1.29, 1.82) is 0 Å². The Morgan fingerprint density at radius 3 is 1.93 bits per heavy atom. The smallest absolute Gasteiger partial charge is 0.425 e. The summed E-state index contributed by atoms with van der Waals surface area (Å²) in [5.41, 5.74) is -1.56. The van der Waals surface area contributed by atoms with Crippen LogP contribution in [0, 0.1) is 0 Å². The van der Waals surface area contributed by atoms with E-state index >= 15 is 0 Å². The summed E-state index contributed by atoms with van der Waals surface area (Å²) >= 11 is 3.28. The van der Waals surface area contributed by atoms with Crippen molar-refractivity contribution in [2.45, 2.75) is 57.6 Å². The van der Waals surface area contributed by atoms with Crippen molar-refractivity contribution in [3.05, 3.63) is 28.7 Å². The van der Waals surface area contributed by atoms with E-state index in [0.717, 1.165) is 0 Å². The molecule has 0 aliphatic rings. The lowest BCUT2D eigenvalue weighted by atomic mass is 10.2. The third-order valence-corrected chi connectivity index (χ3v) is 5.37. The zero-order valence-electron chi connectivity index (χ0n) is 17.3. The van der Waals surface area contributed by atoms with E-state index in [9.17, 15) is 18.0 Å². The number of hydrogen-bond donors (Lipinski definition) is 0.